The van der Waals surface area contributed by atoms with E-state index in [0.717, 1.165) is 11.4 Å². The van der Waals surface area contributed by atoms with Gasteiger partial charge in [0.15, 0.2) is 0 Å². The minimum absolute atomic E-state index is 0.503. The first-order chi connectivity index (χ1) is 8.28. The summed E-state index contributed by atoms with van der Waals surface area (Å²) in [5, 5.41) is 0. The van der Waals surface area contributed by atoms with Gasteiger partial charge in [0.2, 0.25) is 0 Å². The number of hydrogen-bond donors (Lipinski definition) is 1. The highest BCUT2D eigenvalue weighted by atomic mass is 32.2. The molecule has 2 aromatic rings. The van der Waals surface area contributed by atoms with Gasteiger partial charge < -0.3 is 5.73 Å². The Morgan fingerprint density at radius 3 is 2.65 bits per heavy atom. The molecule has 0 radical (unpaired) electrons. The maximum atomic E-state index is 5.57. The van der Waals surface area contributed by atoms with Crippen LogP contribution in [0, 0.1) is 6.92 Å². The molecule has 2 nitrogen and oxygen atoms in total. The van der Waals surface area contributed by atoms with Crippen LogP contribution in [0.25, 0.3) is 0 Å². The van der Waals surface area contributed by atoms with Crippen LogP contribution >= 0.6 is 11.8 Å². The van der Waals surface area contributed by atoms with Gasteiger partial charge >= 0.3 is 0 Å². The summed E-state index contributed by atoms with van der Waals surface area (Å²) in [7, 11) is 0. The maximum Gasteiger partial charge on any atom is 0.0542 e. The van der Waals surface area contributed by atoms with Gasteiger partial charge in [-0.3, -0.25) is 4.98 Å². The molecule has 0 spiro atoms. The van der Waals surface area contributed by atoms with Gasteiger partial charge in [0.05, 0.1) is 5.69 Å². The van der Waals surface area contributed by atoms with Crippen LogP contribution in [0.2, 0.25) is 0 Å². The lowest BCUT2D eigenvalue weighted by molar-refractivity contribution is 0.983. The smallest absolute Gasteiger partial charge is 0.0542 e. The van der Waals surface area contributed by atoms with Crippen LogP contribution in [-0.2, 0) is 12.3 Å². The molecule has 0 bridgehead atoms. The summed E-state index contributed by atoms with van der Waals surface area (Å²) < 4.78 is 0. The maximum absolute atomic E-state index is 5.57. The topological polar surface area (TPSA) is 38.9 Å². The first kappa shape index (κ1) is 12.1. The second kappa shape index (κ2) is 5.84. The summed E-state index contributed by atoms with van der Waals surface area (Å²) in [5.74, 6) is 0.957. The first-order valence-electron chi connectivity index (χ1n) is 5.61. The first-order valence-corrected chi connectivity index (χ1v) is 6.60. The monoisotopic (exact) mass is 244 g/mol. The normalized spacial score (nSPS) is 10.5. The van der Waals surface area contributed by atoms with E-state index in [-0.39, 0.29) is 0 Å². The van der Waals surface area contributed by atoms with E-state index in [1.807, 2.05) is 24.0 Å². The Labute approximate surface area is 106 Å². The van der Waals surface area contributed by atoms with Gasteiger partial charge in [-0.05, 0) is 36.8 Å². The van der Waals surface area contributed by atoms with Crippen molar-refractivity contribution < 1.29 is 0 Å². The van der Waals surface area contributed by atoms with Crippen LogP contribution in [0.4, 0.5) is 0 Å². The van der Waals surface area contributed by atoms with Gasteiger partial charge in [0.1, 0.15) is 0 Å². The van der Waals surface area contributed by atoms with Crippen molar-refractivity contribution in [1.29, 1.82) is 0 Å². The number of pyridine rings is 1. The summed E-state index contributed by atoms with van der Waals surface area (Å²) in [5.41, 5.74) is 9.09. The van der Waals surface area contributed by atoms with Crippen molar-refractivity contribution in [3.05, 3.63) is 59.4 Å². The highest BCUT2D eigenvalue weighted by molar-refractivity contribution is 7.98. The van der Waals surface area contributed by atoms with Crippen molar-refractivity contribution in [3.63, 3.8) is 0 Å². The second-order valence-corrected chi connectivity index (χ2v) is 5.01. The number of rotatable bonds is 4. The third-order valence-electron chi connectivity index (χ3n) is 2.52. The molecule has 0 unspecified atom stereocenters. The number of thioether (sulfide) groups is 1. The largest absolute Gasteiger partial charge is 0.325 e. The molecular formula is C14H16N2S. The van der Waals surface area contributed by atoms with Crippen molar-refractivity contribution >= 4 is 11.8 Å². The highest BCUT2D eigenvalue weighted by Gasteiger charge is 1.98. The van der Waals surface area contributed by atoms with Crippen LogP contribution in [-0.4, -0.2) is 4.98 Å². The molecule has 0 aliphatic heterocycles. The molecule has 1 aromatic carbocycles. The molecule has 3 heteroatoms. The fraction of sp³-hybridized carbons (Fsp3) is 0.214. The average Bonchev–Trinajstić information content (AvgIpc) is 2.38. The number of nitrogens with two attached hydrogens (primary N) is 1. The minimum atomic E-state index is 0.503. The fourth-order valence-corrected chi connectivity index (χ4v) is 2.37. The Kier molecular flexibility index (Phi) is 4.18. The molecule has 0 amide bonds. The third kappa shape index (κ3) is 3.58. The molecule has 0 fully saturated rings. The second-order valence-electron chi connectivity index (χ2n) is 3.96. The number of nitrogens with zero attached hydrogens (tertiary/aromatic N) is 1. The van der Waals surface area contributed by atoms with Crippen molar-refractivity contribution in [2.75, 3.05) is 0 Å². The zero-order valence-corrected chi connectivity index (χ0v) is 10.7. The van der Waals surface area contributed by atoms with Crippen molar-refractivity contribution in [2.24, 2.45) is 5.73 Å². The number of aromatic nitrogens is 1. The van der Waals surface area contributed by atoms with E-state index in [9.17, 15) is 0 Å². The quantitative estimate of drug-likeness (QED) is 0.840. The van der Waals surface area contributed by atoms with Gasteiger partial charge in [-0.25, -0.2) is 0 Å². The van der Waals surface area contributed by atoms with E-state index < -0.39 is 0 Å². The summed E-state index contributed by atoms with van der Waals surface area (Å²) in [6, 6.07) is 12.7. The van der Waals surface area contributed by atoms with E-state index in [1.54, 1.807) is 0 Å². The van der Waals surface area contributed by atoms with E-state index in [0.29, 0.717) is 6.54 Å². The lowest BCUT2D eigenvalue weighted by Crippen LogP contribution is -1.99. The lowest BCUT2D eigenvalue weighted by Gasteiger charge is -2.04. The van der Waals surface area contributed by atoms with Gasteiger partial charge in [-0.1, -0.05) is 17.7 Å². The Morgan fingerprint density at radius 2 is 1.94 bits per heavy atom. The zero-order valence-electron chi connectivity index (χ0n) is 9.89. The Balaban J connectivity index is 1.99. The van der Waals surface area contributed by atoms with Gasteiger partial charge in [0.25, 0.3) is 0 Å². The van der Waals surface area contributed by atoms with Gasteiger partial charge in [-0.15, -0.1) is 11.8 Å². The molecule has 0 saturated heterocycles. The standard InChI is InChI=1S/C14H16N2S/c1-11-2-4-14(5-3-11)17-10-12-6-7-16-13(8-12)9-15/h2-8H,9-10,15H2,1H3. The zero-order chi connectivity index (χ0) is 12.1. The van der Waals surface area contributed by atoms with E-state index >= 15 is 0 Å². The van der Waals surface area contributed by atoms with E-state index in [1.165, 1.54) is 16.0 Å². The summed E-state index contributed by atoms with van der Waals surface area (Å²) in [6.07, 6.45) is 1.83. The van der Waals surface area contributed by atoms with Crippen molar-refractivity contribution in [3.8, 4) is 0 Å². The van der Waals surface area contributed by atoms with E-state index in [4.69, 9.17) is 5.73 Å². The summed E-state index contributed by atoms with van der Waals surface area (Å²) in [4.78, 5) is 5.48. The molecule has 0 aliphatic carbocycles. The Hall–Kier alpha value is -1.32. The number of benzene rings is 1. The molecule has 1 aromatic heterocycles. The van der Waals surface area contributed by atoms with Crippen LogP contribution in [0.15, 0.2) is 47.5 Å². The minimum Gasteiger partial charge on any atom is -0.325 e. The highest BCUT2D eigenvalue weighted by Crippen LogP contribution is 2.22. The predicted octanol–water partition coefficient (Wildman–Crippen LogP) is 3.14. The lowest BCUT2D eigenvalue weighted by atomic mass is 10.2. The average molecular weight is 244 g/mol. The summed E-state index contributed by atoms with van der Waals surface area (Å²) in [6.45, 7) is 2.61. The van der Waals surface area contributed by atoms with E-state index in [2.05, 4.69) is 42.2 Å². The molecule has 1 heterocycles. The molecule has 2 rings (SSSR count). The molecular weight excluding hydrogens is 228 g/mol. The molecule has 0 atom stereocenters. The Bertz CT molecular complexity index is 480. The van der Waals surface area contributed by atoms with Crippen molar-refractivity contribution in [2.45, 2.75) is 24.1 Å². The number of aryl methyl sites for hydroxylation is 1. The van der Waals surface area contributed by atoms with Crippen LogP contribution in [0.5, 0.6) is 0 Å². The third-order valence-corrected chi connectivity index (χ3v) is 3.60. The van der Waals surface area contributed by atoms with Crippen LogP contribution < -0.4 is 5.73 Å². The van der Waals surface area contributed by atoms with Crippen LogP contribution in [0.1, 0.15) is 16.8 Å². The SMILES string of the molecule is Cc1ccc(SCc2ccnc(CN)c2)cc1. The molecule has 2 N–H and O–H groups in total. The van der Waals surface area contributed by atoms with Gasteiger partial charge in [-0.2, -0.15) is 0 Å². The number of hydrogen-bond acceptors (Lipinski definition) is 3. The summed E-state index contributed by atoms with van der Waals surface area (Å²) >= 11 is 1.83. The van der Waals surface area contributed by atoms with Gasteiger partial charge in [0, 0.05) is 23.4 Å². The molecule has 88 valence electrons. The molecule has 0 aliphatic rings. The predicted molar refractivity (Wildman–Crippen MR) is 72.9 cm³/mol. The molecule has 0 saturated carbocycles. The fourth-order valence-electron chi connectivity index (χ4n) is 1.53. The molecule has 17 heavy (non-hydrogen) atoms. The Morgan fingerprint density at radius 1 is 1.18 bits per heavy atom. The van der Waals surface area contributed by atoms with Crippen molar-refractivity contribution in [1.82, 2.24) is 4.98 Å². The van der Waals surface area contributed by atoms with Crippen LogP contribution in [0.3, 0.4) is 0 Å².